The van der Waals surface area contributed by atoms with E-state index in [-0.39, 0.29) is 27.2 Å². The maximum absolute atomic E-state index is 12.4. The van der Waals surface area contributed by atoms with Gasteiger partial charge in [0.25, 0.3) is 10.0 Å². The number of halogens is 3. The Morgan fingerprint density at radius 2 is 1.90 bits per heavy atom. The van der Waals surface area contributed by atoms with Crippen LogP contribution in [0.1, 0.15) is 5.56 Å². The number of aliphatic hydroxyl groups excluding tert-OH is 1. The van der Waals surface area contributed by atoms with Crippen molar-refractivity contribution in [3.05, 3.63) is 56.5 Å². The summed E-state index contributed by atoms with van der Waals surface area (Å²) in [5.74, 6) is 0. The van der Waals surface area contributed by atoms with E-state index in [2.05, 4.69) is 20.7 Å². The van der Waals surface area contributed by atoms with Crippen LogP contribution in [0.5, 0.6) is 0 Å². The van der Waals surface area contributed by atoms with Gasteiger partial charge in [-0.15, -0.1) is 0 Å². The zero-order valence-corrected chi connectivity index (χ0v) is 14.4. The molecular weight excluding hydrogens is 401 g/mol. The van der Waals surface area contributed by atoms with E-state index in [1.165, 1.54) is 24.3 Å². The minimum absolute atomic E-state index is 0.0377. The molecule has 2 N–H and O–H groups in total. The summed E-state index contributed by atoms with van der Waals surface area (Å²) in [7, 11) is -3.83. The number of nitrogens with one attached hydrogen (secondary N) is 1. The molecule has 0 atom stereocenters. The lowest BCUT2D eigenvalue weighted by Crippen LogP contribution is -2.14. The molecule has 0 aliphatic rings. The molecule has 0 aliphatic heterocycles. The topological polar surface area (TPSA) is 66.4 Å². The van der Waals surface area contributed by atoms with Crippen LogP contribution in [0, 0.1) is 0 Å². The van der Waals surface area contributed by atoms with Crippen LogP contribution in [0.4, 0.5) is 5.69 Å². The fourth-order valence-corrected chi connectivity index (χ4v) is 4.24. The first kappa shape index (κ1) is 16.6. The molecule has 112 valence electrons. The molecule has 21 heavy (non-hydrogen) atoms. The molecular formula is C13H10BrCl2NO3S. The monoisotopic (exact) mass is 409 g/mol. The first-order valence-corrected chi connectivity index (χ1v) is 8.74. The summed E-state index contributed by atoms with van der Waals surface area (Å²) in [6.45, 7) is -0.174. The predicted octanol–water partition coefficient (Wildman–Crippen LogP) is 4.05. The van der Waals surface area contributed by atoms with E-state index >= 15 is 0 Å². The highest BCUT2D eigenvalue weighted by atomic mass is 79.9. The molecule has 0 aromatic heterocycles. The molecule has 0 heterocycles. The van der Waals surface area contributed by atoms with E-state index in [1.807, 2.05) is 0 Å². The van der Waals surface area contributed by atoms with Gasteiger partial charge < -0.3 is 5.11 Å². The van der Waals surface area contributed by atoms with E-state index in [0.29, 0.717) is 10.0 Å². The van der Waals surface area contributed by atoms with Crippen molar-refractivity contribution in [2.75, 3.05) is 4.72 Å². The number of aliphatic hydroxyl groups is 1. The van der Waals surface area contributed by atoms with E-state index in [1.54, 1.807) is 12.1 Å². The average molecular weight is 411 g/mol. The molecule has 4 nitrogen and oxygen atoms in total. The Labute approximate surface area is 140 Å². The molecule has 0 bridgehead atoms. The van der Waals surface area contributed by atoms with E-state index < -0.39 is 10.0 Å². The lowest BCUT2D eigenvalue weighted by molar-refractivity contribution is 0.281. The van der Waals surface area contributed by atoms with Crippen molar-refractivity contribution in [2.45, 2.75) is 11.5 Å². The van der Waals surface area contributed by atoms with Crippen molar-refractivity contribution in [3.8, 4) is 0 Å². The minimum Gasteiger partial charge on any atom is -0.392 e. The molecule has 0 fully saturated rings. The number of anilines is 1. The molecule has 0 saturated heterocycles. The van der Waals surface area contributed by atoms with Gasteiger partial charge in [-0.3, -0.25) is 4.72 Å². The highest BCUT2D eigenvalue weighted by Gasteiger charge is 2.19. The number of hydrogen-bond acceptors (Lipinski definition) is 3. The summed E-state index contributed by atoms with van der Waals surface area (Å²) >= 11 is 15.0. The van der Waals surface area contributed by atoms with Gasteiger partial charge in [-0.2, -0.15) is 0 Å². The van der Waals surface area contributed by atoms with Gasteiger partial charge in [0.1, 0.15) is 4.90 Å². The fourth-order valence-electron chi connectivity index (χ4n) is 1.64. The lowest BCUT2D eigenvalue weighted by Gasteiger charge is -2.12. The molecule has 0 amide bonds. The zero-order valence-electron chi connectivity index (χ0n) is 10.5. The highest BCUT2D eigenvalue weighted by Crippen LogP contribution is 2.32. The van der Waals surface area contributed by atoms with Crippen LogP contribution in [0.25, 0.3) is 0 Å². The van der Waals surface area contributed by atoms with Crippen molar-refractivity contribution in [3.63, 3.8) is 0 Å². The smallest absolute Gasteiger partial charge is 0.263 e. The molecule has 2 aromatic rings. The molecule has 0 spiro atoms. The third-order valence-electron chi connectivity index (χ3n) is 2.66. The molecule has 2 aromatic carbocycles. The minimum atomic E-state index is -3.83. The van der Waals surface area contributed by atoms with E-state index in [9.17, 15) is 8.42 Å². The third kappa shape index (κ3) is 3.70. The standard InChI is InChI=1S/C13H10BrCl2NO3S/c14-9-6-8(7-18)4-5-12(9)21(19,20)17-11-3-1-2-10(15)13(11)16/h1-6,17-18H,7H2. The fraction of sp³-hybridized carbons (Fsp3) is 0.0769. The number of benzene rings is 2. The number of sulfonamides is 1. The zero-order chi connectivity index (χ0) is 15.6. The molecule has 0 unspecified atom stereocenters. The highest BCUT2D eigenvalue weighted by molar-refractivity contribution is 9.10. The van der Waals surface area contributed by atoms with Gasteiger partial charge in [0.15, 0.2) is 0 Å². The van der Waals surface area contributed by atoms with Crippen LogP contribution in [0.3, 0.4) is 0 Å². The van der Waals surface area contributed by atoms with Crippen LogP contribution in [0.2, 0.25) is 10.0 Å². The predicted molar refractivity (Wildman–Crippen MR) is 87.3 cm³/mol. The van der Waals surface area contributed by atoms with Gasteiger partial charge in [0.2, 0.25) is 0 Å². The molecule has 0 saturated carbocycles. The van der Waals surface area contributed by atoms with Gasteiger partial charge in [0, 0.05) is 4.47 Å². The summed E-state index contributed by atoms with van der Waals surface area (Å²) in [6.07, 6.45) is 0. The van der Waals surface area contributed by atoms with Gasteiger partial charge in [-0.05, 0) is 45.8 Å². The van der Waals surface area contributed by atoms with Crippen LogP contribution in [0.15, 0.2) is 45.8 Å². The summed E-state index contributed by atoms with van der Waals surface area (Å²) in [4.78, 5) is 0.0377. The average Bonchev–Trinajstić information content (AvgIpc) is 2.43. The summed E-state index contributed by atoms with van der Waals surface area (Å²) in [6, 6.07) is 9.13. The Hall–Kier alpha value is -0.790. The molecule has 0 aliphatic carbocycles. The Bertz CT molecular complexity index is 781. The maximum Gasteiger partial charge on any atom is 0.263 e. The molecule has 0 radical (unpaired) electrons. The van der Waals surface area contributed by atoms with Crippen molar-refractivity contribution in [1.29, 1.82) is 0 Å². The van der Waals surface area contributed by atoms with Crippen molar-refractivity contribution < 1.29 is 13.5 Å². The quantitative estimate of drug-likeness (QED) is 0.798. The molecule has 2 rings (SSSR count). The third-order valence-corrected chi connectivity index (χ3v) is 5.83. The summed E-state index contributed by atoms with van der Waals surface area (Å²) in [5.41, 5.74) is 0.795. The Kier molecular flexibility index (Phi) is 5.16. The van der Waals surface area contributed by atoms with Crippen molar-refractivity contribution in [2.24, 2.45) is 0 Å². The van der Waals surface area contributed by atoms with Gasteiger partial charge in [-0.25, -0.2) is 8.42 Å². The normalized spacial score (nSPS) is 11.4. The summed E-state index contributed by atoms with van der Waals surface area (Å²) < 4.78 is 27.5. The molecule has 8 heteroatoms. The first-order valence-electron chi connectivity index (χ1n) is 5.71. The SMILES string of the molecule is O=S(=O)(Nc1cccc(Cl)c1Cl)c1ccc(CO)cc1Br. The second kappa shape index (κ2) is 6.54. The number of hydrogen-bond donors (Lipinski definition) is 2. The first-order chi connectivity index (χ1) is 9.85. The van der Waals surface area contributed by atoms with Crippen molar-refractivity contribution >= 4 is 54.8 Å². The van der Waals surface area contributed by atoms with Crippen LogP contribution in [-0.4, -0.2) is 13.5 Å². The second-order valence-electron chi connectivity index (χ2n) is 4.13. The summed E-state index contributed by atoms with van der Waals surface area (Å²) in [5, 5.41) is 9.43. The van der Waals surface area contributed by atoms with E-state index in [4.69, 9.17) is 28.3 Å². The van der Waals surface area contributed by atoms with Crippen LogP contribution >= 0.6 is 39.1 Å². The van der Waals surface area contributed by atoms with Gasteiger partial charge in [0.05, 0.1) is 22.3 Å². The van der Waals surface area contributed by atoms with Crippen LogP contribution < -0.4 is 4.72 Å². The Morgan fingerprint density at radius 3 is 2.52 bits per heavy atom. The Morgan fingerprint density at radius 1 is 1.19 bits per heavy atom. The van der Waals surface area contributed by atoms with E-state index in [0.717, 1.165) is 0 Å². The number of rotatable bonds is 4. The van der Waals surface area contributed by atoms with Crippen LogP contribution in [-0.2, 0) is 16.6 Å². The van der Waals surface area contributed by atoms with Gasteiger partial charge >= 0.3 is 0 Å². The Balaban J connectivity index is 2.41. The second-order valence-corrected chi connectivity index (χ2v) is 7.42. The lowest BCUT2D eigenvalue weighted by atomic mass is 10.2. The van der Waals surface area contributed by atoms with Crippen molar-refractivity contribution in [1.82, 2.24) is 0 Å². The maximum atomic E-state index is 12.4. The largest absolute Gasteiger partial charge is 0.392 e. The van der Waals surface area contributed by atoms with Gasteiger partial charge in [-0.1, -0.05) is 35.3 Å².